The molecule has 0 saturated carbocycles. The van der Waals surface area contributed by atoms with Crippen molar-refractivity contribution in [3.8, 4) is 0 Å². The van der Waals surface area contributed by atoms with Gasteiger partial charge in [0.25, 0.3) is 5.91 Å². The fourth-order valence-corrected chi connectivity index (χ4v) is 2.02. The quantitative estimate of drug-likeness (QED) is 0.756. The van der Waals surface area contributed by atoms with E-state index in [1.165, 1.54) is 12.8 Å². The van der Waals surface area contributed by atoms with E-state index in [1.54, 1.807) is 18.2 Å². The van der Waals surface area contributed by atoms with E-state index in [2.05, 4.69) is 12.2 Å². The highest BCUT2D eigenvalue weighted by atomic mass is 35.5. The molecule has 0 unspecified atom stereocenters. The second-order valence-electron chi connectivity index (χ2n) is 4.50. The van der Waals surface area contributed by atoms with Crippen molar-refractivity contribution in [2.24, 2.45) is 0 Å². The Labute approximate surface area is 119 Å². The van der Waals surface area contributed by atoms with E-state index >= 15 is 0 Å². The molecule has 18 heavy (non-hydrogen) atoms. The predicted octanol–water partition coefficient (Wildman–Crippen LogP) is 4.69. The second-order valence-corrected chi connectivity index (χ2v) is 5.31. The van der Waals surface area contributed by atoms with Crippen LogP contribution in [0.4, 0.5) is 0 Å². The van der Waals surface area contributed by atoms with Gasteiger partial charge in [0.2, 0.25) is 0 Å². The van der Waals surface area contributed by atoms with E-state index < -0.39 is 0 Å². The number of hydrogen-bond acceptors (Lipinski definition) is 1. The van der Waals surface area contributed by atoms with Gasteiger partial charge in [0.15, 0.2) is 0 Å². The molecule has 0 spiro atoms. The molecular formula is C14H19Cl2NO. The molecule has 0 aliphatic rings. The first-order valence-corrected chi connectivity index (χ1v) is 7.06. The van der Waals surface area contributed by atoms with Crippen LogP contribution in [0.15, 0.2) is 18.2 Å². The van der Waals surface area contributed by atoms with E-state index in [0.717, 1.165) is 12.8 Å². The van der Waals surface area contributed by atoms with Gasteiger partial charge in [-0.15, -0.1) is 0 Å². The molecule has 0 aliphatic carbocycles. The Bertz CT molecular complexity index is 407. The Hall–Kier alpha value is -0.730. The fourth-order valence-electron chi connectivity index (χ4n) is 1.72. The van der Waals surface area contributed by atoms with Crippen molar-refractivity contribution in [3.63, 3.8) is 0 Å². The van der Waals surface area contributed by atoms with Crippen molar-refractivity contribution >= 4 is 29.1 Å². The third-order valence-electron chi connectivity index (χ3n) is 2.80. The first kappa shape index (κ1) is 15.3. The van der Waals surface area contributed by atoms with Crippen LogP contribution in [0, 0.1) is 0 Å². The van der Waals surface area contributed by atoms with Crippen molar-refractivity contribution in [1.29, 1.82) is 0 Å². The maximum atomic E-state index is 11.9. The number of amides is 1. The topological polar surface area (TPSA) is 29.1 Å². The van der Waals surface area contributed by atoms with Crippen LogP contribution in [0.5, 0.6) is 0 Å². The molecular weight excluding hydrogens is 269 g/mol. The largest absolute Gasteiger partial charge is 0.350 e. The molecule has 1 N–H and O–H groups in total. The van der Waals surface area contributed by atoms with Gasteiger partial charge in [0.05, 0.1) is 10.0 Å². The molecule has 0 heterocycles. The maximum Gasteiger partial charge on any atom is 0.251 e. The zero-order valence-corrected chi connectivity index (χ0v) is 12.3. The number of carbonyl (C=O) groups excluding carboxylic acids is 1. The fraction of sp³-hybridized carbons (Fsp3) is 0.500. The Balaban J connectivity index is 2.51. The van der Waals surface area contributed by atoms with Crippen molar-refractivity contribution in [2.45, 2.75) is 45.6 Å². The van der Waals surface area contributed by atoms with Gasteiger partial charge in [-0.1, -0.05) is 49.4 Å². The molecule has 4 heteroatoms. The number of nitrogens with one attached hydrogen (secondary N) is 1. The number of hydrogen-bond donors (Lipinski definition) is 1. The second kappa shape index (κ2) is 7.65. The number of halogens is 2. The van der Waals surface area contributed by atoms with E-state index in [9.17, 15) is 4.79 Å². The SMILES string of the molecule is CCCCC[C@H](C)NC(=O)c1ccc(Cl)c(Cl)c1. The summed E-state index contributed by atoms with van der Waals surface area (Å²) in [4.78, 5) is 11.9. The van der Waals surface area contributed by atoms with Gasteiger partial charge in [-0.05, 0) is 31.5 Å². The van der Waals surface area contributed by atoms with Gasteiger partial charge in [-0.2, -0.15) is 0 Å². The van der Waals surface area contributed by atoms with Crippen LogP contribution in [0.1, 0.15) is 49.9 Å². The average Bonchev–Trinajstić information content (AvgIpc) is 2.33. The standard InChI is InChI=1S/C14H19Cl2NO/c1-3-4-5-6-10(2)17-14(18)11-7-8-12(15)13(16)9-11/h7-10H,3-6H2,1-2H3,(H,17,18)/t10-/m0/s1. The Morgan fingerprint density at radius 3 is 2.61 bits per heavy atom. The molecule has 100 valence electrons. The lowest BCUT2D eigenvalue weighted by Crippen LogP contribution is -2.32. The smallest absolute Gasteiger partial charge is 0.251 e. The number of unbranched alkanes of at least 4 members (excludes halogenated alkanes) is 2. The summed E-state index contributed by atoms with van der Waals surface area (Å²) in [6.45, 7) is 4.18. The highest BCUT2D eigenvalue weighted by molar-refractivity contribution is 6.42. The number of carbonyl (C=O) groups is 1. The molecule has 1 amide bonds. The highest BCUT2D eigenvalue weighted by Crippen LogP contribution is 2.22. The van der Waals surface area contributed by atoms with Crippen molar-refractivity contribution < 1.29 is 4.79 Å². The Morgan fingerprint density at radius 1 is 1.28 bits per heavy atom. The van der Waals surface area contributed by atoms with Gasteiger partial charge >= 0.3 is 0 Å². The van der Waals surface area contributed by atoms with Crippen LogP contribution >= 0.6 is 23.2 Å². The molecule has 1 atom stereocenters. The van der Waals surface area contributed by atoms with Crippen molar-refractivity contribution in [2.75, 3.05) is 0 Å². The summed E-state index contributed by atoms with van der Waals surface area (Å²) in [5.74, 6) is -0.0995. The Morgan fingerprint density at radius 2 is 2.00 bits per heavy atom. The average molecular weight is 288 g/mol. The normalized spacial score (nSPS) is 12.2. The molecule has 0 radical (unpaired) electrons. The minimum atomic E-state index is -0.0995. The van der Waals surface area contributed by atoms with Crippen LogP contribution in [-0.2, 0) is 0 Å². The monoisotopic (exact) mass is 287 g/mol. The van der Waals surface area contributed by atoms with E-state index in [4.69, 9.17) is 23.2 Å². The molecule has 0 bridgehead atoms. The summed E-state index contributed by atoms with van der Waals surface area (Å²) in [7, 11) is 0. The van der Waals surface area contributed by atoms with Crippen LogP contribution in [-0.4, -0.2) is 11.9 Å². The van der Waals surface area contributed by atoms with E-state index in [1.807, 2.05) is 6.92 Å². The van der Waals surface area contributed by atoms with Crippen LogP contribution in [0.25, 0.3) is 0 Å². The summed E-state index contributed by atoms with van der Waals surface area (Å²) in [6.07, 6.45) is 4.53. The third-order valence-corrected chi connectivity index (χ3v) is 3.54. The van der Waals surface area contributed by atoms with Gasteiger partial charge in [0.1, 0.15) is 0 Å². The summed E-state index contributed by atoms with van der Waals surface area (Å²) in [5.41, 5.74) is 0.548. The zero-order valence-electron chi connectivity index (χ0n) is 10.8. The number of rotatable bonds is 6. The summed E-state index contributed by atoms with van der Waals surface area (Å²) >= 11 is 11.7. The van der Waals surface area contributed by atoms with Crippen LogP contribution in [0.3, 0.4) is 0 Å². The van der Waals surface area contributed by atoms with Crippen molar-refractivity contribution in [3.05, 3.63) is 33.8 Å². The molecule has 0 fully saturated rings. The number of benzene rings is 1. The Kier molecular flexibility index (Phi) is 6.51. The molecule has 2 nitrogen and oxygen atoms in total. The van der Waals surface area contributed by atoms with Crippen LogP contribution < -0.4 is 5.32 Å². The van der Waals surface area contributed by atoms with E-state index in [-0.39, 0.29) is 11.9 Å². The molecule has 0 aromatic heterocycles. The minimum absolute atomic E-state index is 0.0995. The maximum absolute atomic E-state index is 11.9. The molecule has 1 rings (SSSR count). The lowest BCUT2D eigenvalue weighted by atomic mass is 10.1. The minimum Gasteiger partial charge on any atom is -0.350 e. The zero-order chi connectivity index (χ0) is 13.5. The van der Waals surface area contributed by atoms with Crippen LogP contribution in [0.2, 0.25) is 10.0 Å². The van der Waals surface area contributed by atoms with Gasteiger partial charge in [-0.3, -0.25) is 4.79 Å². The highest BCUT2D eigenvalue weighted by Gasteiger charge is 2.10. The van der Waals surface area contributed by atoms with E-state index in [0.29, 0.717) is 15.6 Å². The summed E-state index contributed by atoms with van der Waals surface area (Å²) < 4.78 is 0. The first-order chi connectivity index (χ1) is 8.54. The predicted molar refractivity (Wildman–Crippen MR) is 77.5 cm³/mol. The van der Waals surface area contributed by atoms with Gasteiger partial charge in [-0.25, -0.2) is 0 Å². The summed E-state index contributed by atoms with van der Waals surface area (Å²) in [6, 6.07) is 5.10. The van der Waals surface area contributed by atoms with Crippen molar-refractivity contribution in [1.82, 2.24) is 5.32 Å². The first-order valence-electron chi connectivity index (χ1n) is 6.30. The summed E-state index contributed by atoms with van der Waals surface area (Å²) in [5, 5.41) is 3.83. The molecule has 1 aromatic rings. The van der Waals surface area contributed by atoms with Gasteiger partial charge < -0.3 is 5.32 Å². The lowest BCUT2D eigenvalue weighted by molar-refractivity contribution is 0.0938. The third kappa shape index (κ3) is 4.87. The molecule has 1 aromatic carbocycles. The van der Waals surface area contributed by atoms with Gasteiger partial charge in [0, 0.05) is 11.6 Å². The molecule has 0 saturated heterocycles. The molecule has 0 aliphatic heterocycles. The lowest BCUT2D eigenvalue weighted by Gasteiger charge is -2.13.